The summed E-state index contributed by atoms with van der Waals surface area (Å²) in [7, 11) is 0. The van der Waals surface area contributed by atoms with Crippen LogP contribution in [0.25, 0.3) is 0 Å². The average molecular weight is 370 g/mol. The van der Waals surface area contributed by atoms with E-state index in [9.17, 15) is 14.9 Å². The molecule has 6 nitrogen and oxygen atoms in total. The van der Waals surface area contributed by atoms with E-state index in [4.69, 9.17) is 35.4 Å². The molecule has 1 amide bonds. The molecule has 0 aliphatic heterocycles. The SMILES string of the molecule is O=C(NC(=S)Nc1ccc([N+](=O)[O-])cc1)c1ccc(Cl)c(Cl)c1. The van der Waals surface area contributed by atoms with E-state index in [0.29, 0.717) is 16.3 Å². The number of carbonyl (C=O) groups is 1. The fourth-order valence-corrected chi connectivity index (χ4v) is 2.15. The van der Waals surface area contributed by atoms with Gasteiger partial charge in [0, 0.05) is 23.4 Å². The predicted molar refractivity (Wildman–Crippen MR) is 93.2 cm³/mol. The van der Waals surface area contributed by atoms with Crippen LogP contribution in [0, 0.1) is 10.1 Å². The molecule has 0 heterocycles. The van der Waals surface area contributed by atoms with Crippen molar-refractivity contribution in [2.75, 3.05) is 5.32 Å². The molecule has 0 bridgehead atoms. The molecule has 2 aromatic carbocycles. The number of anilines is 1. The molecule has 0 saturated carbocycles. The minimum Gasteiger partial charge on any atom is -0.332 e. The minimum absolute atomic E-state index is 0.0405. The third kappa shape index (κ3) is 4.62. The second-order valence-electron chi connectivity index (χ2n) is 4.34. The van der Waals surface area contributed by atoms with E-state index in [1.54, 1.807) is 0 Å². The van der Waals surface area contributed by atoms with Crippen molar-refractivity contribution in [3.8, 4) is 0 Å². The molecule has 118 valence electrons. The van der Waals surface area contributed by atoms with E-state index in [-0.39, 0.29) is 15.8 Å². The van der Waals surface area contributed by atoms with E-state index < -0.39 is 10.8 Å². The topological polar surface area (TPSA) is 84.3 Å². The van der Waals surface area contributed by atoms with Gasteiger partial charge in [-0.3, -0.25) is 20.2 Å². The van der Waals surface area contributed by atoms with E-state index in [1.807, 2.05) is 0 Å². The first-order valence-corrected chi connectivity index (χ1v) is 7.35. The number of nitrogens with one attached hydrogen (secondary N) is 2. The summed E-state index contributed by atoms with van der Waals surface area (Å²) < 4.78 is 0. The fourth-order valence-electron chi connectivity index (χ4n) is 1.64. The smallest absolute Gasteiger partial charge is 0.269 e. The molecule has 2 rings (SSSR count). The lowest BCUT2D eigenvalue weighted by atomic mass is 10.2. The number of hydrogen-bond acceptors (Lipinski definition) is 4. The number of hydrogen-bond donors (Lipinski definition) is 2. The molecule has 0 unspecified atom stereocenters. The monoisotopic (exact) mass is 369 g/mol. The fraction of sp³-hybridized carbons (Fsp3) is 0. The highest BCUT2D eigenvalue weighted by Crippen LogP contribution is 2.22. The van der Waals surface area contributed by atoms with Gasteiger partial charge in [0.25, 0.3) is 11.6 Å². The Hall–Kier alpha value is -2.22. The summed E-state index contributed by atoms with van der Waals surface area (Å²) >= 11 is 16.7. The van der Waals surface area contributed by atoms with Crippen LogP contribution in [-0.2, 0) is 0 Å². The van der Waals surface area contributed by atoms with Gasteiger partial charge in [-0.15, -0.1) is 0 Å². The van der Waals surface area contributed by atoms with E-state index in [2.05, 4.69) is 10.6 Å². The van der Waals surface area contributed by atoms with Crippen molar-refractivity contribution >= 4 is 57.8 Å². The number of thiocarbonyl (C=S) groups is 1. The molecule has 0 aliphatic rings. The van der Waals surface area contributed by atoms with E-state index in [1.165, 1.54) is 42.5 Å². The summed E-state index contributed by atoms with van der Waals surface area (Å²) in [6.45, 7) is 0. The zero-order valence-electron chi connectivity index (χ0n) is 11.4. The molecule has 2 N–H and O–H groups in total. The lowest BCUT2D eigenvalue weighted by Crippen LogP contribution is -2.34. The summed E-state index contributed by atoms with van der Waals surface area (Å²) in [4.78, 5) is 22.1. The van der Waals surface area contributed by atoms with Gasteiger partial charge in [-0.05, 0) is 42.5 Å². The molecule has 0 radical (unpaired) electrons. The van der Waals surface area contributed by atoms with Crippen molar-refractivity contribution in [3.63, 3.8) is 0 Å². The Morgan fingerprint density at radius 1 is 1.09 bits per heavy atom. The van der Waals surface area contributed by atoms with Gasteiger partial charge in [0.1, 0.15) is 0 Å². The number of nitro benzene ring substituents is 1. The van der Waals surface area contributed by atoms with E-state index in [0.717, 1.165) is 0 Å². The zero-order valence-corrected chi connectivity index (χ0v) is 13.7. The normalized spacial score (nSPS) is 10.0. The molecule has 0 spiro atoms. The predicted octanol–water partition coefficient (Wildman–Crippen LogP) is 4.03. The van der Waals surface area contributed by atoms with Gasteiger partial charge in [-0.25, -0.2) is 0 Å². The Morgan fingerprint density at radius 3 is 2.30 bits per heavy atom. The molecule has 0 aromatic heterocycles. The number of halogens is 2. The maximum Gasteiger partial charge on any atom is 0.269 e. The van der Waals surface area contributed by atoms with Crippen LogP contribution in [0.2, 0.25) is 10.0 Å². The molecule has 0 saturated heterocycles. The number of non-ortho nitro benzene ring substituents is 1. The molecule has 0 atom stereocenters. The highest BCUT2D eigenvalue weighted by atomic mass is 35.5. The van der Waals surface area contributed by atoms with Crippen molar-refractivity contribution < 1.29 is 9.72 Å². The third-order valence-electron chi connectivity index (χ3n) is 2.74. The maximum atomic E-state index is 12.0. The molecule has 0 fully saturated rings. The quantitative estimate of drug-likeness (QED) is 0.484. The first-order valence-electron chi connectivity index (χ1n) is 6.18. The molecule has 2 aromatic rings. The van der Waals surface area contributed by atoms with Gasteiger partial charge >= 0.3 is 0 Å². The zero-order chi connectivity index (χ0) is 17.0. The van der Waals surface area contributed by atoms with Gasteiger partial charge in [-0.2, -0.15) is 0 Å². The summed E-state index contributed by atoms with van der Waals surface area (Å²) in [6.07, 6.45) is 0. The van der Waals surface area contributed by atoms with Crippen LogP contribution in [0.4, 0.5) is 11.4 Å². The molecular weight excluding hydrogens is 361 g/mol. The molecule has 0 aliphatic carbocycles. The van der Waals surface area contributed by atoms with Crippen molar-refractivity contribution in [1.29, 1.82) is 0 Å². The Balaban J connectivity index is 1.99. The van der Waals surface area contributed by atoms with Gasteiger partial charge in [0.15, 0.2) is 5.11 Å². The number of nitro groups is 1. The highest BCUT2D eigenvalue weighted by molar-refractivity contribution is 7.80. The first kappa shape index (κ1) is 17.1. The van der Waals surface area contributed by atoms with Crippen LogP contribution in [0.15, 0.2) is 42.5 Å². The largest absolute Gasteiger partial charge is 0.332 e. The Labute approximate surface area is 146 Å². The van der Waals surface area contributed by atoms with Crippen molar-refractivity contribution in [2.24, 2.45) is 0 Å². The number of carbonyl (C=O) groups excluding carboxylic acids is 1. The summed E-state index contributed by atoms with van der Waals surface area (Å²) in [5.41, 5.74) is 0.767. The lowest BCUT2D eigenvalue weighted by Gasteiger charge is -2.09. The Morgan fingerprint density at radius 2 is 1.74 bits per heavy atom. The summed E-state index contributed by atoms with van der Waals surface area (Å²) in [5.74, 6) is -0.456. The second kappa shape index (κ2) is 7.36. The Bertz CT molecular complexity index is 781. The number of amides is 1. The standard InChI is InChI=1S/C14H9Cl2N3O3S/c15-11-6-1-8(7-12(11)16)13(20)18-14(23)17-9-2-4-10(5-3-9)19(21)22/h1-7H,(H2,17,18,20,23). The van der Waals surface area contributed by atoms with Gasteiger partial charge in [-0.1, -0.05) is 23.2 Å². The number of rotatable bonds is 3. The number of nitrogens with zero attached hydrogens (tertiary/aromatic N) is 1. The molecular formula is C14H9Cl2N3O3S. The van der Waals surface area contributed by atoms with Crippen LogP contribution in [0.1, 0.15) is 10.4 Å². The van der Waals surface area contributed by atoms with Gasteiger partial charge in [0.2, 0.25) is 0 Å². The first-order chi connectivity index (χ1) is 10.9. The molecule has 9 heteroatoms. The van der Waals surface area contributed by atoms with Crippen LogP contribution >= 0.6 is 35.4 Å². The summed E-state index contributed by atoms with van der Waals surface area (Å²) in [6, 6.07) is 10.1. The maximum absolute atomic E-state index is 12.0. The third-order valence-corrected chi connectivity index (χ3v) is 3.69. The van der Waals surface area contributed by atoms with Crippen molar-refractivity contribution in [1.82, 2.24) is 5.32 Å². The minimum atomic E-state index is -0.506. The van der Waals surface area contributed by atoms with E-state index >= 15 is 0 Å². The highest BCUT2D eigenvalue weighted by Gasteiger charge is 2.10. The van der Waals surface area contributed by atoms with Crippen molar-refractivity contribution in [3.05, 3.63) is 68.2 Å². The second-order valence-corrected chi connectivity index (χ2v) is 5.56. The average Bonchev–Trinajstić information content (AvgIpc) is 2.50. The van der Waals surface area contributed by atoms with Crippen LogP contribution in [0.5, 0.6) is 0 Å². The molecule has 23 heavy (non-hydrogen) atoms. The summed E-state index contributed by atoms with van der Waals surface area (Å²) in [5, 5.41) is 16.4. The Kier molecular flexibility index (Phi) is 5.49. The van der Waals surface area contributed by atoms with Crippen molar-refractivity contribution in [2.45, 2.75) is 0 Å². The lowest BCUT2D eigenvalue weighted by molar-refractivity contribution is -0.384. The number of benzene rings is 2. The van der Waals surface area contributed by atoms with Crippen LogP contribution in [-0.4, -0.2) is 15.9 Å². The van der Waals surface area contributed by atoms with Crippen LogP contribution in [0.3, 0.4) is 0 Å². The van der Waals surface area contributed by atoms with Gasteiger partial charge in [0.05, 0.1) is 15.0 Å². The van der Waals surface area contributed by atoms with Crippen LogP contribution < -0.4 is 10.6 Å². The van der Waals surface area contributed by atoms with Gasteiger partial charge < -0.3 is 5.32 Å².